The largest absolute Gasteiger partial charge is 0.573 e. The number of hydrogen-bond donors (Lipinski definition) is 1. The van der Waals surface area contributed by atoms with Crippen LogP contribution in [0.1, 0.15) is 30.9 Å². The standard InChI is InChI=1S/C31H29F3N6O3S/c1-2-7-22-10-3-4-12-26(22)40-27(41)19-44-30(40)37-29(42)35-17-6-9-21-8-5-11-23(18-21)28-36-20-39(38-28)24-13-15-25(16-14-24)43-31(32,33)34/h3-5,8,10-16,18,20H,2,6-7,9,17,19H2,1H3,(H,35,42)/b37-30-. The van der Waals surface area contributed by atoms with Crippen molar-refractivity contribution in [3.05, 3.63) is 90.3 Å². The lowest BCUT2D eigenvalue weighted by Gasteiger charge is -2.19. The van der Waals surface area contributed by atoms with E-state index in [2.05, 4.69) is 32.1 Å². The van der Waals surface area contributed by atoms with Crippen LogP contribution in [0.5, 0.6) is 5.75 Å². The number of halogens is 3. The summed E-state index contributed by atoms with van der Waals surface area (Å²) in [7, 11) is 0. The first-order valence-corrected chi connectivity index (χ1v) is 15.0. The van der Waals surface area contributed by atoms with E-state index in [1.54, 1.807) is 0 Å². The minimum atomic E-state index is -4.76. The number of nitrogens with one attached hydrogen (secondary N) is 1. The van der Waals surface area contributed by atoms with E-state index in [0.717, 1.165) is 35.2 Å². The Morgan fingerprint density at radius 3 is 2.64 bits per heavy atom. The zero-order valence-corrected chi connectivity index (χ0v) is 24.6. The van der Waals surface area contributed by atoms with Gasteiger partial charge in [-0.3, -0.25) is 9.69 Å². The van der Waals surface area contributed by atoms with Gasteiger partial charge in [-0.15, -0.1) is 18.3 Å². The highest BCUT2D eigenvalue weighted by Crippen LogP contribution is 2.30. The minimum Gasteiger partial charge on any atom is -0.406 e. The fourth-order valence-corrected chi connectivity index (χ4v) is 5.55. The number of aryl methyl sites for hydroxylation is 2. The highest BCUT2D eigenvalue weighted by molar-refractivity contribution is 8.15. The molecular formula is C31H29F3N6O3S. The third-order valence-electron chi connectivity index (χ3n) is 6.64. The number of carbonyl (C=O) groups excluding carboxylic acids is 2. The summed E-state index contributed by atoms with van der Waals surface area (Å²) in [4.78, 5) is 35.3. The van der Waals surface area contributed by atoms with Gasteiger partial charge >= 0.3 is 12.4 Å². The molecule has 13 heteroatoms. The van der Waals surface area contributed by atoms with Crippen LogP contribution in [-0.2, 0) is 17.6 Å². The average molecular weight is 623 g/mol. The average Bonchev–Trinajstić information content (AvgIpc) is 3.63. The fraction of sp³-hybridized carbons (Fsp3) is 0.258. The molecular weight excluding hydrogens is 593 g/mol. The number of alkyl halides is 3. The first-order chi connectivity index (χ1) is 21.2. The molecule has 4 aromatic rings. The maximum Gasteiger partial charge on any atom is 0.573 e. The minimum absolute atomic E-state index is 0.0993. The number of benzene rings is 3. The van der Waals surface area contributed by atoms with Crippen LogP contribution < -0.4 is 15.0 Å². The first kappa shape index (κ1) is 30.8. The van der Waals surface area contributed by atoms with Crippen molar-refractivity contribution in [1.29, 1.82) is 0 Å². The number of aromatic nitrogens is 3. The van der Waals surface area contributed by atoms with Crippen molar-refractivity contribution < 1.29 is 27.5 Å². The molecule has 1 aliphatic heterocycles. The van der Waals surface area contributed by atoms with Crippen LogP contribution in [0.4, 0.5) is 23.7 Å². The van der Waals surface area contributed by atoms with Crippen molar-refractivity contribution in [2.24, 2.45) is 4.99 Å². The summed E-state index contributed by atoms with van der Waals surface area (Å²) in [5.74, 6) is 0.276. The Balaban J connectivity index is 1.15. The number of rotatable bonds is 10. The third-order valence-corrected chi connectivity index (χ3v) is 7.57. The van der Waals surface area contributed by atoms with Crippen molar-refractivity contribution >= 4 is 34.6 Å². The summed E-state index contributed by atoms with van der Waals surface area (Å²) < 4.78 is 42.6. The van der Waals surface area contributed by atoms with E-state index in [1.807, 2.05) is 48.5 Å². The molecule has 1 aromatic heterocycles. The summed E-state index contributed by atoms with van der Waals surface area (Å²) in [5.41, 5.74) is 4.13. The number of urea groups is 1. The van der Waals surface area contributed by atoms with Crippen molar-refractivity contribution in [1.82, 2.24) is 20.1 Å². The molecule has 0 aliphatic carbocycles. The number of amidine groups is 1. The number of nitrogens with zero attached hydrogens (tertiary/aromatic N) is 5. The molecule has 1 N–H and O–H groups in total. The molecule has 1 saturated heterocycles. The van der Waals surface area contributed by atoms with Crippen molar-refractivity contribution in [3.63, 3.8) is 0 Å². The first-order valence-electron chi connectivity index (χ1n) is 14.0. The lowest BCUT2D eigenvalue weighted by atomic mass is 10.1. The van der Waals surface area contributed by atoms with E-state index in [1.165, 1.54) is 51.9 Å². The van der Waals surface area contributed by atoms with Gasteiger partial charge < -0.3 is 10.1 Å². The number of aliphatic imine (C=N–C) groups is 1. The van der Waals surface area contributed by atoms with E-state index in [-0.39, 0.29) is 17.4 Å². The number of thioether (sulfide) groups is 1. The number of hydrogen-bond acceptors (Lipinski definition) is 6. The highest BCUT2D eigenvalue weighted by Gasteiger charge is 2.32. The van der Waals surface area contributed by atoms with Gasteiger partial charge in [0.2, 0.25) is 5.91 Å². The Kier molecular flexibility index (Phi) is 9.63. The summed E-state index contributed by atoms with van der Waals surface area (Å²) in [6, 6.07) is 20.2. The van der Waals surface area contributed by atoms with Crippen LogP contribution in [0.2, 0.25) is 0 Å². The predicted molar refractivity (Wildman–Crippen MR) is 163 cm³/mol. The van der Waals surface area contributed by atoms with E-state index >= 15 is 0 Å². The van der Waals surface area contributed by atoms with Gasteiger partial charge in [-0.1, -0.05) is 61.5 Å². The van der Waals surface area contributed by atoms with Crippen LogP contribution in [0.25, 0.3) is 17.1 Å². The second-order valence-electron chi connectivity index (χ2n) is 9.88. The third kappa shape index (κ3) is 7.84. The Labute approximate surface area is 256 Å². The van der Waals surface area contributed by atoms with Crippen LogP contribution in [0.15, 0.2) is 84.1 Å². The lowest BCUT2D eigenvalue weighted by molar-refractivity contribution is -0.274. The number of amides is 3. The normalized spacial score (nSPS) is 14.3. The highest BCUT2D eigenvalue weighted by atomic mass is 32.2. The molecule has 1 aliphatic rings. The summed E-state index contributed by atoms with van der Waals surface area (Å²) in [6.45, 7) is 2.47. The number of anilines is 1. The molecule has 228 valence electrons. The smallest absolute Gasteiger partial charge is 0.406 e. The molecule has 0 atom stereocenters. The topological polar surface area (TPSA) is 102 Å². The van der Waals surface area contributed by atoms with E-state index < -0.39 is 12.4 Å². The maximum absolute atomic E-state index is 12.6. The molecule has 0 spiro atoms. The van der Waals surface area contributed by atoms with Gasteiger partial charge in [-0.25, -0.2) is 14.5 Å². The van der Waals surface area contributed by atoms with E-state index in [0.29, 0.717) is 36.1 Å². The number of ether oxygens (including phenoxy) is 1. The second-order valence-corrected chi connectivity index (χ2v) is 10.8. The van der Waals surface area contributed by atoms with Gasteiger partial charge in [0, 0.05) is 12.1 Å². The Bertz CT molecular complexity index is 1660. The summed E-state index contributed by atoms with van der Waals surface area (Å²) in [5, 5.41) is 7.64. The molecule has 3 aromatic carbocycles. The zero-order valence-electron chi connectivity index (χ0n) is 23.8. The van der Waals surface area contributed by atoms with Crippen LogP contribution in [0.3, 0.4) is 0 Å². The molecule has 2 heterocycles. The molecule has 0 saturated carbocycles. The van der Waals surface area contributed by atoms with Crippen LogP contribution in [-0.4, -0.2) is 50.5 Å². The Morgan fingerprint density at radius 2 is 1.86 bits per heavy atom. The van der Waals surface area contributed by atoms with E-state index in [9.17, 15) is 22.8 Å². The quantitative estimate of drug-likeness (QED) is 0.201. The van der Waals surface area contributed by atoms with Crippen molar-refractivity contribution in [2.45, 2.75) is 39.0 Å². The van der Waals surface area contributed by atoms with Crippen molar-refractivity contribution in [2.75, 3.05) is 17.2 Å². The maximum atomic E-state index is 12.6. The van der Waals surface area contributed by atoms with Crippen molar-refractivity contribution in [3.8, 4) is 22.8 Å². The number of para-hydroxylation sites is 1. The summed E-state index contributed by atoms with van der Waals surface area (Å²) >= 11 is 1.25. The molecule has 3 amide bonds. The SMILES string of the molecule is CCCc1ccccc1N1C(=O)CS/C1=N\C(=O)NCCCc1cccc(-c2ncn(-c3ccc(OC(F)(F)F)cc3)n2)c1. The second kappa shape index (κ2) is 13.8. The zero-order chi connectivity index (χ0) is 31.1. The fourth-order valence-electron chi connectivity index (χ4n) is 4.69. The van der Waals surface area contributed by atoms with Crippen LogP contribution in [0, 0.1) is 0 Å². The van der Waals surface area contributed by atoms with Gasteiger partial charge in [0.15, 0.2) is 11.0 Å². The molecule has 0 bridgehead atoms. The monoisotopic (exact) mass is 622 g/mol. The summed E-state index contributed by atoms with van der Waals surface area (Å²) in [6.07, 6.45) is -0.186. The predicted octanol–water partition coefficient (Wildman–Crippen LogP) is 6.56. The molecule has 0 unspecified atom stereocenters. The Morgan fingerprint density at radius 1 is 1.07 bits per heavy atom. The lowest BCUT2D eigenvalue weighted by Crippen LogP contribution is -2.32. The molecule has 1 fully saturated rings. The van der Waals surface area contributed by atoms with Crippen LogP contribution >= 0.6 is 11.8 Å². The van der Waals surface area contributed by atoms with Gasteiger partial charge in [0.25, 0.3) is 0 Å². The van der Waals surface area contributed by atoms with Gasteiger partial charge in [-0.05, 0) is 66.8 Å². The van der Waals surface area contributed by atoms with E-state index in [4.69, 9.17) is 0 Å². The number of carbonyl (C=O) groups is 2. The van der Waals surface area contributed by atoms with Gasteiger partial charge in [0.05, 0.1) is 17.1 Å². The molecule has 44 heavy (non-hydrogen) atoms. The molecule has 0 radical (unpaired) electrons. The van der Waals surface area contributed by atoms with Gasteiger partial charge in [-0.2, -0.15) is 4.99 Å². The molecule has 5 rings (SSSR count). The van der Waals surface area contributed by atoms with Gasteiger partial charge in [0.1, 0.15) is 12.1 Å². The Hall–Kier alpha value is -4.65. The molecule has 9 nitrogen and oxygen atoms in total.